The van der Waals surface area contributed by atoms with Gasteiger partial charge in [0.2, 0.25) is 11.8 Å². The van der Waals surface area contributed by atoms with E-state index in [1.54, 1.807) is 24.3 Å². The van der Waals surface area contributed by atoms with E-state index in [0.29, 0.717) is 16.4 Å². The van der Waals surface area contributed by atoms with Crippen LogP contribution >= 0.6 is 23.1 Å². The van der Waals surface area contributed by atoms with Crippen molar-refractivity contribution in [3.63, 3.8) is 0 Å². The summed E-state index contributed by atoms with van der Waals surface area (Å²) in [6, 6.07) is 6.78. The van der Waals surface area contributed by atoms with Gasteiger partial charge in [0.05, 0.1) is 15.7 Å². The highest BCUT2D eigenvalue weighted by atomic mass is 32.2. The number of primary amides is 1. The van der Waals surface area contributed by atoms with Gasteiger partial charge >= 0.3 is 0 Å². The number of hydrogen-bond donors (Lipinski definition) is 3. The molecule has 9 heteroatoms. The molecule has 1 aromatic carbocycles. The second kappa shape index (κ2) is 7.88. The van der Waals surface area contributed by atoms with Crippen LogP contribution < -0.4 is 16.4 Å². The Morgan fingerprint density at radius 2 is 2.08 bits per heavy atom. The topological polar surface area (TPSA) is 114 Å². The minimum atomic E-state index is -0.404. The first-order valence-corrected chi connectivity index (χ1v) is 9.83. The molecule has 1 aliphatic rings. The normalized spacial score (nSPS) is 13.3. The van der Waals surface area contributed by atoms with Crippen molar-refractivity contribution in [1.29, 1.82) is 0 Å². The summed E-state index contributed by atoms with van der Waals surface area (Å²) in [5.41, 5.74) is 6.92. The maximum absolute atomic E-state index is 12.4. The first-order valence-electron chi connectivity index (χ1n) is 8.03. The number of hydrogen-bond acceptors (Lipinski definition) is 6. The molecule has 0 unspecified atom stereocenters. The number of thiazole rings is 1. The zero-order valence-electron chi connectivity index (χ0n) is 14.1. The van der Waals surface area contributed by atoms with E-state index in [1.165, 1.54) is 23.1 Å². The number of aryl methyl sites for hydroxylation is 1. The van der Waals surface area contributed by atoms with Crippen molar-refractivity contribution in [3.8, 4) is 0 Å². The molecular weight excluding hydrogens is 372 g/mol. The van der Waals surface area contributed by atoms with Crippen LogP contribution in [0.4, 0.5) is 10.8 Å². The largest absolute Gasteiger partial charge is 0.369 e. The molecule has 0 radical (unpaired) electrons. The first-order chi connectivity index (χ1) is 12.4. The molecule has 0 atom stereocenters. The van der Waals surface area contributed by atoms with Crippen molar-refractivity contribution < 1.29 is 14.4 Å². The summed E-state index contributed by atoms with van der Waals surface area (Å²) >= 11 is 2.59. The van der Waals surface area contributed by atoms with Gasteiger partial charge in [-0.1, -0.05) is 17.4 Å². The van der Waals surface area contributed by atoms with E-state index in [4.69, 9.17) is 5.73 Å². The molecule has 1 fully saturated rings. The fourth-order valence-corrected chi connectivity index (χ4v) is 4.08. The Hall–Kier alpha value is -2.39. The molecule has 0 saturated heterocycles. The van der Waals surface area contributed by atoms with Crippen molar-refractivity contribution in [2.45, 2.75) is 24.0 Å². The number of carbonyl (C=O) groups excluding carboxylic acids is 3. The van der Waals surface area contributed by atoms with Crippen molar-refractivity contribution in [1.82, 2.24) is 4.98 Å². The molecule has 2 aromatic rings. The molecule has 0 aliphatic heterocycles. The van der Waals surface area contributed by atoms with Crippen molar-refractivity contribution in [2.24, 2.45) is 11.7 Å². The van der Waals surface area contributed by atoms with Crippen LogP contribution in [0, 0.1) is 12.8 Å². The van der Waals surface area contributed by atoms with E-state index >= 15 is 0 Å². The highest BCUT2D eigenvalue weighted by Gasteiger charge is 2.29. The number of anilines is 2. The Morgan fingerprint density at radius 1 is 1.31 bits per heavy atom. The second-order valence-corrected chi connectivity index (χ2v) is 8.19. The van der Waals surface area contributed by atoms with Crippen molar-refractivity contribution in [3.05, 3.63) is 35.5 Å². The number of benzene rings is 1. The maximum Gasteiger partial charge on any atom is 0.257 e. The number of nitrogens with one attached hydrogen (secondary N) is 2. The smallest absolute Gasteiger partial charge is 0.257 e. The van der Waals surface area contributed by atoms with Gasteiger partial charge in [0, 0.05) is 17.2 Å². The highest BCUT2D eigenvalue weighted by molar-refractivity contribution is 8.01. The molecule has 0 spiro atoms. The van der Waals surface area contributed by atoms with E-state index in [-0.39, 0.29) is 23.5 Å². The SMILES string of the molecule is Cc1nc(NC(=O)c2cccc(NC(=O)C3CC3)c2)sc1SCC(N)=O. The quantitative estimate of drug-likeness (QED) is 0.629. The van der Waals surface area contributed by atoms with E-state index in [1.807, 2.05) is 6.92 Å². The molecular formula is C17H18N4O3S2. The van der Waals surface area contributed by atoms with Gasteiger partial charge in [-0.25, -0.2) is 4.98 Å². The molecule has 3 amide bonds. The zero-order valence-corrected chi connectivity index (χ0v) is 15.7. The predicted molar refractivity (Wildman–Crippen MR) is 103 cm³/mol. The molecule has 7 nitrogen and oxygen atoms in total. The Kier molecular flexibility index (Phi) is 5.58. The van der Waals surface area contributed by atoms with Gasteiger partial charge in [-0.3, -0.25) is 19.7 Å². The lowest BCUT2D eigenvalue weighted by Gasteiger charge is -2.06. The van der Waals surface area contributed by atoms with Crippen LogP contribution in [0.15, 0.2) is 28.5 Å². The highest BCUT2D eigenvalue weighted by Crippen LogP contribution is 2.32. The third kappa shape index (κ3) is 4.83. The summed E-state index contributed by atoms with van der Waals surface area (Å²) in [6.45, 7) is 1.81. The average molecular weight is 390 g/mol. The summed E-state index contributed by atoms with van der Waals surface area (Å²) in [4.78, 5) is 39.5. The van der Waals surface area contributed by atoms with E-state index in [0.717, 1.165) is 22.7 Å². The molecule has 3 rings (SSSR count). The van der Waals surface area contributed by atoms with Gasteiger partial charge in [-0.15, -0.1) is 11.8 Å². The van der Waals surface area contributed by atoms with Crippen LogP contribution in [0.2, 0.25) is 0 Å². The van der Waals surface area contributed by atoms with Crippen molar-refractivity contribution in [2.75, 3.05) is 16.4 Å². The molecule has 0 bridgehead atoms. The Bertz CT molecular complexity index is 861. The average Bonchev–Trinajstić information content (AvgIpc) is 3.38. The predicted octanol–water partition coefficient (Wildman–Crippen LogP) is 2.63. The van der Waals surface area contributed by atoms with Crippen LogP contribution in [-0.2, 0) is 9.59 Å². The number of nitrogens with two attached hydrogens (primary N) is 1. The van der Waals surface area contributed by atoms with Gasteiger partial charge in [0.25, 0.3) is 5.91 Å². The standard InChI is InChI=1S/C17H18N4O3S2/c1-9-16(25-8-13(18)22)26-17(19-9)21-15(24)11-3-2-4-12(7-11)20-14(23)10-5-6-10/h2-4,7,10H,5-6,8H2,1H3,(H2,18,22)(H,20,23)(H,19,21,24). The van der Waals surface area contributed by atoms with E-state index in [9.17, 15) is 14.4 Å². The van der Waals surface area contributed by atoms with E-state index < -0.39 is 5.91 Å². The fourth-order valence-electron chi connectivity index (χ4n) is 2.20. The molecule has 1 saturated carbocycles. The Morgan fingerprint density at radius 3 is 2.77 bits per heavy atom. The number of amides is 3. The summed E-state index contributed by atoms with van der Waals surface area (Å²) in [5.74, 6) is -0.457. The number of aromatic nitrogens is 1. The third-order valence-corrected chi connectivity index (χ3v) is 6.12. The van der Waals surface area contributed by atoms with Crippen LogP contribution in [0.5, 0.6) is 0 Å². The Labute approximate surface area is 158 Å². The van der Waals surface area contributed by atoms with Crippen LogP contribution in [0.1, 0.15) is 28.9 Å². The molecule has 136 valence electrons. The van der Waals surface area contributed by atoms with Gasteiger partial charge in [0.15, 0.2) is 5.13 Å². The number of thioether (sulfide) groups is 1. The minimum absolute atomic E-state index is 0.00535. The minimum Gasteiger partial charge on any atom is -0.369 e. The lowest BCUT2D eigenvalue weighted by atomic mass is 10.2. The monoisotopic (exact) mass is 390 g/mol. The Balaban J connectivity index is 1.65. The van der Waals surface area contributed by atoms with Gasteiger partial charge in [-0.05, 0) is 38.0 Å². The van der Waals surface area contributed by atoms with Crippen LogP contribution in [-0.4, -0.2) is 28.5 Å². The molecule has 4 N–H and O–H groups in total. The lowest BCUT2D eigenvalue weighted by Crippen LogP contribution is -2.15. The number of rotatable bonds is 7. The fraction of sp³-hybridized carbons (Fsp3) is 0.294. The summed E-state index contributed by atoms with van der Waals surface area (Å²) in [5, 5.41) is 6.02. The maximum atomic E-state index is 12.4. The van der Waals surface area contributed by atoms with Crippen LogP contribution in [0.3, 0.4) is 0 Å². The summed E-state index contributed by atoms with van der Waals surface area (Å²) < 4.78 is 0.838. The van der Waals surface area contributed by atoms with Crippen molar-refractivity contribution >= 4 is 51.6 Å². The van der Waals surface area contributed by atoms with Gasteiger partial charge in [0.1, 0.15) is 0 Å². The molecule has 1 heterocycles. The van der Waals surface area contributed by atoms with Gasteiger partial charge in [-0.2, -0.15) is 0 Å². The number of nitrogens with zero attached hydrogens (tertiary/aromatic N) is 1. The third-order valence-electron chi connectivity index (χ3n) is 3.66. The second-order valence-electron chi connectivity index (χ2n) is 5.95. The lowest BCUT2D eigenvalue weighted by molar-refractivity contribution is -0.117. The molecule has 26 heavy (non-hydrogen) atoms. The first kappa shape index (κ1) is 18.4. The summed E-state index contributed by atoms with van der Waals surface area (Å²) in [6.07, 6.45) is 1.84. The van der Waals surface area contributed by atoms with Gasteiger partial charge < -0.3 is 11.1 Å². The number of carbonyl (C=O) groups is 3. The van der Waals surface area contributed by atoms with Crippen LogP contribution in [0.25, 0.3) is 0 Å². The molecule has 1 aliphatic carbocycles. The molecule has 1 aromatic heterocycles. The van der Waals surface area contributed by atoms with E-state index in [2.05, 4.69) is 15.6 Å². The zero-order chi connectivity index (χ0) is 18.7. The summed E-state index contributed by atoms with van der Waals surface area (Å²) in [7, 11) is 0.